The largest absolute Gasteiger partial charge is 0.449 e. The van der Waals surface area contributed by atoms with Crippen molar-refractivity contribution in [1.29, 1.82) is 0 Å². The number of amides is 2. The summed E-state index contributed by atoms with van der Waals surface area (Å²) in [7, 11) is 3.18. The number of carbonyl (C=O) groups excluding carboxylic acids is 3. The number of hydrogen-bond donors (Lipinski definition) is 0. The summed E-state index contributed by atoms with van der Waals surface area (Å²) in [5.74, 6) is -1.10. The molecule has 1 aromatic carbocycles. The lowest BCUT2D eigenvalue weighted by Crippen LogP contribution is -2.34. The van der Waals surface area contributed by atoms with Crippen molar-refractivity contribution in [3.8, 4) is 0 Å². The third-order valence-corrected chi connectivity index (χ3v) is 4.35. The maximum absolute atomic E-state index is 12.0. The second kappa shape index (κ2) is 9.09. The molecule has 0 saturated heterocycles. The van der Waals surface area contributed by atoms with Gasteiger partial charge in [0.15, 0.2) is 11.2 Å². The Morgan fingerprint density at radius 2 is 1.85 bits per heavy atom. The lowest BCUT2D eigenvalue weighted by molar-refractivity contribution is -0.153. The number of nitrogens with zero attached hydrogens (tertiary/aromatic N) is 3. The van der Waals surface area contributed by atoms with E-state index < -0.39 is 12.1 Å². The molecule has 0 radical (unpaired) electrons. The Kier molecular flexibility index (Phi) is 6.84. The van der Waals surface area contributed by atoms with Crippen LogP contribution in [0.5, 0.6) is 0 Å². The number of ether oxygens (including phenoxy) is 1. The van der Waals surface area contributed by atoms with Crippen LogP contribution in [0.25, 0.3) is 6.08 Å². The van der Waals surface area contributed by atoms with Crippen LogP contribution in [0.15, 0.2) is 41.8 Å². The first-order valence-corrected chi connectivity index (χ1v) is 9.08. The van der Waals surface area contributed by atoms with Gasteiger partial charge in [0.1, 0.15) is 0 Å². The van der Waals surface area contributed by atoms with Gasteiger partial charge in [0.05, 0.1) is 11.4 Å². The summed E-state index contributed by atoms with van der Waals surface area (Å²) in [6.45, 7) is 2.98. The summed E-state index contributed by atoms with van der Waals surface area (Å²) in [5.41, 5.74) is 1.23. The van der Waals surface area contributed by atoms with E-state index in [1.165, 1.54) is 47.1 Å². The van der Waals surface area contributed by atoms with Gasteiger partial charge < -0.3 is 9.64 Å². The molecule has 0 fully saturated rings. The van der Waals surface area contributed by atoms with Crippen molar-refractivity contribution in [3.63, 3.8) is 0 Å². The number of aromatic nitrogens is 1. The fraction of sp³-hybridized carbons (Fsp3) is 0.263. The first-order chi connectivity index (χ1) is 12.8. The van der Waals surface area contributed by atoms with E-state index in [0.717, 1.165) is 0 Å². The highest BCUT2D eigenvalue weighted by Crippen LogP contribution is 2.28. The lowest BCUT2D eigenvalue weighted by atomic mass is 10.3. The van der Waals surface area contributed by atoms with Gasteiger partial charge in [-0.15, -0.1) is 11.3 Å². The molecule has 0 aliphatic rings. The zero-order valence-electron chi connectivity index (χ0n) is 15.6. The zero-order chi connectivity index (χ0) is 20.0. The van der Waals surface area contributed by atoms with Crippen molar-refractivity contribution >= 4 is 46.0 Å². The maximum atomic E-state index is 12.0. The molecule has 0 unspecified atom stereocenters. The number of hydrogen-bond acceptors (Lipinski definition) is 6. The molecule has 7 nitrogen and oxygen atoms in total. The molecular weight excluding hydrogens is 366 g/mol. The van der Waals surface area contributed by atoms with Gasteiger partial charge in [0.2, 0.25) is 5.91 Å². The number of carbonyl (C=O) groups is 3. The van der Waals surface area contributed by atoms with Crippen molar-refractivity contribution in [3.05, 3.63) is 47.5 Å². The Bertz CT molecular complexity index is 846. The SMILES string of the molecule is CC(=O)N(c1ccccc1)c1nc(/C=C/C(=O)O[C@H](C)C(=O)N(C)C)cs1. The van der Waals surface area contributed by atoms with Crippen LogP contribution in [0, 0.1) is 0 Å². The van der Waals surface area contributed by atoms with E-state index in [1.807, 2.05) is 30.3 Å². The Morgan fingerprint density at radius 1 is 1.19 bits per heavy atom. The van der Waals surface area contributed by atoms with E-state index in [2.05, 4.69) is 4.98 Å². The molecule has 0 aliphatic heterocycles. The van der Waals surface area contributed by atoms with E-state index in [0.29, 0.717) is 16.5 Å². The second-order valence-electron chi connectivity index (χ2n) is 5.89. The number of para-hydroxylation sites is 1. The summed E-state index contributed by atoms with van der Waals surface area (Å²) >= 11 is 1.29. The summed E-state index contributed by atoms with van der Waals surface area (Å²) in [6.07, 6.45) is 1.83. The molecule has 1 heterocycles. The highest BCUT2D eigenvalue weighted by Gasteiger charge is 2.19. The molecule has 2 amide bonds. The van der Waals surface area contributed by atoms with E-state index in [-0.39, 0.29) is 11.8 Å². The number of benzene rings is 1. The predicted octanol–water partition coefficient (Wildman–Crippen LogP) is 2.86. The van der Waals surface area contributed by atoms with Gasteiger partial charge >= 0.3 is 5.97 Å². The monoisotopic (exact) mass is 387 g/mol. The van der Waals surface area contributed by atoms with Gasteiger partial charge in [0, 0.05) is 32.5 Å². The third kappa shape index (κ3) is 5.49. The van der Waals surface area contributed by atoms with E-state index in [1.54, 1.807) is 19.5 Å². The molecule has 0 aliphatic carbocycles. The Hall–Kier alpha value is -3.00. The van der Waals surface area contributed by atoms with E-state index >= 15 is 0 Å². The minimum absolute atomic E-state index is 0.165. The molecule has 0 N–H and O–H groups in total. The van der Waals surface area contributed by atoms with E-state index in [9.17, 15) is 14.4 Å². The fourth-order valence-corrected chi connectivity index (χ4v) is 3.10. The predicted molar refractivity (Wildman–Crippen MR) is 105 cm³/mol. The summed E-state index contributed by atoms with van der Waals surface area (Å²) in [4.78, 5) is 42.8. The molecule has 27 heavy (non-hydrogen) atoms. The smallest absolute Gasteiger partial charge is 0.331 e. The minimum atomic E-state index is -0.866. The first-order valence-electron chi connectivity index (χ1n) is 8.20. The van der Waals surface area contributed by atoms with Crippen LogP contribution in [0.4, 0.5) is 10.8 Å². The van der Waals surface area contributed by atoms with E-state index in [4.69, 9.17) is 4.74 Å². The molecule has 1 aromatic heterocycles. The van der Waals surface area contributed by atoms with Crippen LogP contribution in [-0.2, 0) is 19.1 Å². The van der Waals surface area contributed by atoms with Crippen LogP contribution in [-0.4, -0.2) is 47.9 Å². The van der Waals surface area contributed by atoms with Gasteiger partial charge in [-0.25, -0.2) is 9.78 Å². The van der Waals surface area contributed by atoms with Gasteiger partial charge in [-0.3, -0.25) is 14.5 Å². The first kappa shape index (κ1) is 20.3. The average Bonchev–Trinajstić information content (AvgIpc) is 3.08. The summed E-state index contributed by atoms with van der Waals surface area (Å²) < 4.78 is 5.05. The molecule has 0 spiro atoms. The van der Waals surface area contributed by atoms with Crippen molar-refractivity contribution in [2.75, 3.05) is 19.0 Å². The molecular formula is C19H21N3O4S. The maximum Gasteiger partial charge on any atom is 0.331 e. The fourth-order valence-electron chi connectivity index (χ4n) is 2.24. The van der Waals surface area contributed by atoms with Crippen molar-refractivity contribution in [1.82, 2.24) is 9.88 Å². The Morgan fingerprint density at radius 3 is 2.44 bits per heavy atom. The van der Waals surface area contributed by atoms with Gasteiger partial charge in [-0.1, -0.05) is 18.2 Å². The van der Waals surface area contributed by atoms with Crippen LogP contribution < -0.4 is 4.90 Å². The molecule has 2 aromatic rings. The highest BCUT2D eigenvalue weighted by atomic mass is 32.1. The zero-order valence-corrected chi connectivity index (χ0v) is 16.4. The standard InChI is InChI=1S/C19H21N3O4S/c1-13(18(25)21(3)4)26-17(24)11-10-15-12-27-19(20-15)22(14(2)23)16-8-6-5-7-9-16/h5-13H,1-4H3/b11-10+/t13-/m1/s1. The second-order valence-corrected chi connectivity index (χ2v) is 6.73. The highest BCUT2D eigenvalue weighted by molar-refractivity contribution is 7.14. The topological polar surface area (TPSA) is 79.8 Å². The Labute approximate surface area is 161 Å². The minimum Gasteiger partial charge on any atom is -0.449 e. The molecule has 1 atom stereocenters. The molecule has 0 saturated carbocycles. The van der Waals surface area contributed by atoms with Crippen LogP contribution in [0.1, 0.15) is 19.5 Å². The summed E-state index contributed by atoms with van der Waals surface area (Å²) in [6, 6.07) is 9.18. The third-order valence-electron chi connectivity index (χ3n) is 3.50. The summed E-state index contributed by atoms with van der Waals surface area (Å²) in [5, 5.41) is 2.23. The van der Waals surface area contributed by atoms with Gasteiger partial charge in [0.25, 0.3) is 5.91 Å². The van der Waals surface area contributed by atoms with Gasteiger partial charge in [-0.2, -0.15) is 0 Å². The number of esters is 1. The lowest BCUT2D eigenvalue weighted by Gasteiger charge is -2.17. The van der Waals surface area contributed by atoms with Crippen LogP contribution in [0.2, 0.25) is 0 Å². The molecule has 2 rings (SSSR count). The van der Waals surface area contributed by atoms with Crippen molar-refractivity contribution < 1.29 is 19.1 Å². The molecule has 8 heteroatoms. The number of likely N-dealkylation sites (N-methyl/N-ethyl adjacent to an activating group) is 1. The number of rotatable bonds is 6. The van der Waals surface area contributed by atoms with Crippen molar-refractivity contribution in [2.24, 2.45) is 0 Å². The molecule has 142 valence electrons. The quantitative estimate of drug-likeness (QED) is 0.562. The van der Waals surface area contributed by atoms with Crippen LogP contribution in [0.3, 0.4) is 0 Å². The van der Waals surface area contributed by atoms with Gasteiger partial charge in [-0.05, 0) is 25.1 Å². The van der Waals surface area contributed by atoms with Crippen molar-refractivity contribution in [2.45, 2.75) is 20.0 Å². The number of anilines is 2. The van der Waals surface area contributed by atoms with Crippen LogP contribution >= 0.6 is 11.3 Å². The Balaban J connectivity index is 2.08. The molecule has 0 bridgehead atoms. The number of thiazole rings is 1. The normalized spacial score (nSPS) is 11.9. The average molecular weight is 387 g/mol.